The lowest BCUT2D eigenvalue weighted by Gasteiger charge is -1.99. The summed E-state index contributed by atoms with van der Waals surface area (Å²) in [7, 11) is 0. The predicted molar refractivity (Wildman–Crippen MR) is 50.2 cm³/mol. The second-order valence-corrected chi connectivity index (χ2v) is 2.08. The molecule has 0 saturated heterocycles. The molecule has 4 heteroatoms. The van der Waals surface area contributed by atoms with E-state index in [4.69, 9.17) is 0 Å². The van der Waals surface area contributed by atoms with Crippen LogP contribution in [0.15, 0.2) is 19.0 Å². The lowest BCUT2D eigenvalue weighted by Crippen LogP contribution is -1.92. The molecule has 0 unspecified atom stereocenters. The normalized spacial score (nSPS) is 7.82. The van der Waals surface area contributed by atoms with Crippen molar-refractivity contribution in [2.75, 3.05) is 0 Å². The summed E-state index contributed by atoms with van der Waals surface area (Å²) in [6.07, 6.45) is 3.67. The van der Waals surface area contributed by atoms with E-state index >= 15 is 0 Å². The highest BCUT2D eigenvalue weighted by Gasteiger charge is 1.93. The van der Waals surface area contributed by atoms with Gasteiger partial charge in [-0.2, -0.15) is 0 Å². The van der Waals surface area contributed by atoms with E-state index < -0.39 is 0 Å². The minimum atomic E-state index is 0. The van der Waals surface area contributed by atoms with Crippen LogP contribution in [0.1, 0.15) is 12.7 Å². The monoisotopic (exact) mass is 175 g/mol. The smallest absolute Gasteiger partial charge is 0.109 e. The quantitative estimate of drug-likeness (QED) is 0.712. The molecule has 0 spiro atoms. The van der Waals surface area contributed by atoms with Gasteiger partial charge < -0.3 is 10.7 Å². The van der Waals surface area contributed by atoms with Crippen LogP contribution < -0.4 is 6.15 Å². The number of hydrogen-bond donors (Lipinski definition) is 1. The molecule has 1 aromatic heterocycles. The van der Waals surface area contributed by atoms with Crippen LogP contribution in [0.4, 0.5) is 0 Å². The van der Waals surface area contributed by atoms with Crippen molar-refractivity contribution in [3.63, 3.8) is 0 Å². The van der Waals surface area contributed by atoms with Crippen LogP contribution in [0.5, 0.6) is 0 Å². The molecule has 1 heterocycles. The summed E-state index contributed by atoms with van der Waals surface area (Å²) < 4.78 is 1.94. The summed E-state index contributed by atoms with van der Waals surface area (Å²) >= 11 is 0. The highest BCUT2D eigenvalue weighted by Crippen LogP contribution is 2.02. The Kier molecular flexibility index (Phi) is 5.76. The molecule has 0 radical (unpaired) electrons. The maximum Gasteiger partial charge on any atom is 0.109 e. The van der Waals surface area contributed by atoms with Crippen LogP contribution in [-0.4, -0.2) is 9.55 Å². The maximum atomic E-state index is 4.04. The Morgan fingerprint density at radius 1 is 1.64 bits per heavy atom. The molecule has 64 valence electrons. The first-order valence-electron chi connectivity index (χ1n) is 2.87. The van der Waals surface area contributed by atoms with Crippen LogP contribution in [0.2, 0.25) is 0 Å². The number of aryl methyl sites for hydroxylation is 1. The van der Waals surface area contributed by atoms with Crippen molar-refractivity contribution < 1.29 is 0 Å². The zero-order valence-electron chi connectivity index (χ0n) is 6.87. The predicted octanol–water partition coefficient (Wildman–Crippen LogP) is 2.27. The number of aromatic nitrogens is 2. The number of imidazole rings is 1. The van der Waals surface area contributed by atoms with Crippen molar-refractivity contribution in [2.45, 2.75) is 13.8 Å². The van der Waals surface area contributed by atoms with Gasteiger partial charge >= 0.3 is 0 Å². The van der Waals surface area contributed by atoms with E-state index in [0.717, 1.165) is 11.5 Å². The summed E-state index contributed by atoms with van der Waals surface area (Å²) in [4.78, 5) is 4.04. The van der Waals surface area contributed by atoms with Crippen molar-refractivity contribution >= 4 is 18.1 Å². The first kappa shape index (κ1) is 12.8. The minimum Gasteiger partial charge on any atom is -0.344 e. The third kappa shape index (κ3) is 2.74. The van der Waals surface area contributed by atoms with Gasteiger partial charge in [-0.05, 0) is 13.8 Å². The highest BCUT2D eigenvalue weighted by atomic mass is 35.5. The van der Waals surface area contributed by atoms with Gasteiger partial charge in [0, 0.05) is 18.1 Å². The molecular weight excluding hydrogens is 162 g/mol. The first-order chi connectivity index (χ1) is 4.22. The van der Waals surface area contributed by atoms with Crippen LogP contribution in [-0.2, 0) is 0 Å². The van der Waals surface area contributed by atoms with Gasteiger partial charge in [0.2, 0.25) is 0 Å². The second kappa shape index (κ2) is 4.93. The van der Waals surface area contributed by atoms with Crippen molar-refractivity contribution in [1.29, 1.82) is 0 Å². The van der Waals surface area contributed by atoms with E-state index in [2.05, 4.69) is 11.6 Å². The Labute approximate surface area is 73.1 Å². The molecule has 3 nitrogen and oxygen atoms in total. The summed E-state index contributed by atoms with van der Waals surface area (Å²) in [6, 6.07) is 0. The molecule has 0 atom stereocenters. The average molecular weight is 176 g/mol. The SMILES string of the molecule is C=C(C)n1ccnc1C.Cl.N. The minimum absolute atomic E-state index is 0. The molecule has 1 aromatic rings. The summed E-state index contributed by atoms with van der Waals surface area (Å²) in [5.74, 6) is 0.988. The third-order valence-electron chi connectivity index (χ3n) is 1.24. The van der Waals surface area contributed by atoms with E-state index in [1.54, 1.807) is 6.20 Å². The fourth-order valence-electron chi connectivity index (χ4n) is 0.781. The van der Waals surface area contributed by atoms with Gasteiger partial charge in [-0.3, -0.25) is 0 Å². The Balaban J connectivity index is 0. The summed E-state index contributed by atoms with van der Waals surface area (Å²) in [5, 5.41) is 0. The van der Waals surface area contributed by atoms with Gasteiger partial charge in [0.05, 0.1) is 0 Å². The van der Waals surface area contributed by atoms with Crippen LogP contribution in [0.3, 0.4) is 0 Å². The summed E-state index contributed by atoms with van der Waals surface area (Å²) in [6.45, 7) is 7.69. The van der Waals surface area contributed by atoms with Gasteiger partial charge in [-0.15, -0.1) is 12.4 Å². The Bertz CT molecular complexity index is 229. The molecule has 3 N–H and O–H groups in total. The van der Waals surface area contributed by atoms with Crippen molar-refractivity contribution in [1.82, 2.24) is 15.7 Å². The van der Waals surface area contributed by atoms with Gasteiger partial charge in [0.15, 0.2) is 0 Å². The molecule has 11 heavy (non-hydrogen) atoms. The molecule has 1 rings (SSSR count). The van der Waals surface area contributed by atoms with Gasteiger partial charge in [0.25, 0.3) is 0 Å². The Hall–Kier alpha value is -0.800. The zero-order valence-corrected chi connectivity index (χ0v) is 7.69. The Morgan fingerprint density at radius 3 is 2.36 bits per heavy atom. The van der Waals surface area contributed by atoms with Gasteiger partial charge in [-0.25, -0.2) is 4.98 Å². The molecule has 0 aliphatic carbocycles. The van der Waals surface area contributed by atoms with Crippen LogP contribution in [0.25, 0.3) is 5.70 Å². The fourth-order valence-corrected chi connectivity index (χ4v) is 0.781. The largest absolute Gasteiger partial charge is 0.344 e. The molecule has 0 aromatic carbocycles. The molecular formula is C7H14ClN3. The number of nitrogens with zero attached hydrogens (tertiary/aromatic N) is 2. The van der Waals surface area contributed by atoms with E-state index in [0.29, 0.717) is 0 Å². The van der Waals surface area contributed by atoms with Crippen molar-refractivity contribution in [2.24, 2.45) is 0 Å². The average Bonchev–Trinajstić information content (AvgIpc) is 2.13. The molecule has 0 aliphatic heterocycles. The van der Waals surface area contributed by atoms with E-state index in [9.17, 15) is 0 Å². The third-order valence-corrected chi connectivity index (χ3v) is 1.24. The Morgan fingerprint density at radius 2 is 2.18 bits per heavy atom. The number of allylic oxidation sites excluding steroid dienone is 1. The molecule has 0 saturated carbocycles. The fraction of sp³-hybridized carbons (Fsp3) is 0.286. The summed E-state index contributed by atoms with van der Waals surface area (Å²) in [5.41, 5.74) is 1.00. The topological polar surface area (TPSA) is 52.8 Å². The van der Waals surface area contributed by atoms with E-state index in [1.807, 2.05) is 24.6 Å². The first-order valence-corrected chi connectivity index (χ1v) is 2.87. The number of halogens is 1. The van der Waals surface area contributed by atoms with Crippen molar-refractivity contribution in [3.8, 4) is 0 Å². The molecule has 0 fully saturated rings. The lowest BCUT2D eigenvalue weighted by molar-refractivity contribution is 0.992. The van der Waals surface area contributed by atoms with Crippen LogP contribution in [0, 0.1) is 6.92 Å². The van der Waals surface area contributed by atoms with Crippen LogP contribution >= 0.6 is 12.4 Å². The lowest BCUT2D eigenvalue weighted by atomic mass is 10.5. The second-order valence-electron chi connectivity index (χ2n) is 2.08. The maximum absolute atomic E-state index is 4.04. The zero-order chi connectivity index (χ0) is 6.85. The van der Waals surface area contributed by atoms with Gasteiger partial charge in [-0.1, -0.05) is 6.58 Å². The molecule has 0 amide bonds. The van der Waals surface area contributed by atoms with Crippen molar-refractivity contribution in [3.05, 3.63) is 24.8 Å². The van der Waals surface area contributed by atoms with E-state index in [1.165, 1.54) is 0 Å². The highest BCUT2D eigenvalue weighted by molar-refractivity contribution is 5.85. The molecule has 0 aliphatic rings. The number of hydrogen-bond acceptors (Lipinski definition) is 2. The van der Waals surface area contributed by atoms with Gasteiger partial charge in [0.1, 0.15) is 5.82 Å². The standard InChI is InChI=1S/C7H10N2.ClH.H3N/c1-6(2)9-5-4-8-7(9)3;;/h4-5H,1H2,2-3H3;1H;1H3. The number of rotatable bonds is 1. The molecule has 0 bridgehead atoms. The van der Waals surface area contributed by atoms with E-state index in [-0.39, 0.29) is 18.6 Å².